The fraction of sp³-hybridized carbons (Fsp3) is 0.632. The van der Waals surface area contributed by atoms with Crippen molar-refractivity contribution >= 4 is 30.7 Å². The van der Waals surface area contributed by atoms with Gasteiger partial charge in [0.25, 0.3) is 0 Å². The number of carbonyl (C=O) groups is 1. The first-order chi connectivity index (χ1) is 11.9. The average molecular weight is 424 g/mol. The summed E-state index contributed by atoms with van der Waals surface area (Å²) in [5.41, 5.74) is 6.79. The van der Waals surface area contributed by atoms with E-state index in [0.717, 1.165) is 6.42 Å². The molecule has 1 heterocycles. The van der Waals surface area contributed by atoms with E-state index in [1.54, 1.807) is 18.0 Å². The van der Waals surface area contributed by atoms with Crippen molar-refractivity contribution in [1.82, 2.24) is 9.80 Å². The Kier molecular flexibility index (Phi) is 12.1. The normalized spacial score (nSPS) is 16.8. The van der Waals surface area contributed by atoms with Gasteiger partial charge in [-0.25, -0.2) is 4.39 Å². The van der Waals surface area contributed by atoms with Crippen molar-refractivity contribution in [1.29, 1.82) is 0 Å². The number of likely N-dealkylation sites (N-methyl/N-ethyl adjacent to an activating group) is 1. The smallest absolute Gasteiger partial charge is 0.244 e. The predicted octanol–water partition coefficient (Wildman–Crippen LogP) is 2.87. The largest absolute Gasteiger partial charge is 0.379 e. The van der Waals surface area contributed by atoms with E-state index in [0.29, 0.717) is 44.3 Å². The van der Waals surface area contributed by atoms with Crippen LogP contribution in [0.5, 0.6) is 0 Å². The molecule has 1 aromatic rings. The maximum Gasteiger partial charge on any atom is 0.244 e. The topological polar surface area (TPSA) is 58.8 Å². The Balaban J connectivity index is 0.00000338. The summed E-state index contributed by atoms with van der Waals surface area (Å²) >= 11 is 0. The molecular formula is C19H32Cl2FN3O2. The molecule has 1 aromatic carbocycles. The standard InChI is InChI=1S/C19H30FN3O2.2ClH/c1-14(2)17(21)7-8-22(3)19(24)18(23-9-11-25-12-10-23)15-5-4-6-16(20)13-15;;/h4-6,13-14,17-18H,7-12,21H2,1-3H3;2*1H. The molecule has 2 rings (SSSR count). The molecule has 1 amide bonds. The van der Waals surface area contributed by atoms with Gasteiger partial charge >= 0.3 is 0 Å². The summed E-state index contributed by atoms with van der Waals surface area (Å²) in [5, 5.41) is 0. The maximum atomic E-state index is 13.7. The number of morpholine rings is 1. The van der Waals surface area contributed by atoms with Crippen LogP contribution in [-0.2, 0) is 9.53 Å². The number of nitrogens with two attached hydrogens (primary N) is 1. The number of nitrogens with zero attached hydrogens (tertiary/aromatic N) is 2. The van der Waals surface area contributed by atoms with Gasteiger partial charge in [-0.05, 0) is 30.0 Å². The molecule has 156 valence electrons. The van der Waals surface area contributed by atoms with Crippen LogP contribution in [-0.4, -0.2) is 61.6 Å². The van der Waals surface area contributed by atoms with Crippen molar-refractivity contribution < 1.29 is 13.9 Å². The van der Waals surface area contributed by atoms with Crippen LogP contribution in [0, 0.1) is 11.7 Å². The van der Waals surface area contributed by atoms with Crippen LogP contribution in [0.25, 0.3) is 0 Å². The van der Waals surface area contributed by atoms with E-state index in [1.165, 1.54) is 12.1 Å². The van der Waals surface area contributed by atoms with E-state index in [2.05, 4.69) is 18.7 Å². The maximum absolute atomic E-state index is 13.7. The summed E-state index contributed by atoms with van der Waals surface area (Å²) in [5.74, 6) is 0.0262. The molecule has 0 spiro atoms. The van der Waals surface area contributed by atoms with E-state index in [-0.39, 0.29) is 42.6 Å². The Morgan fingerprint density at radius 3 is 2.48 bits per heavy atom. The number of hydrogen-bond acceptors (Lipinski definition) is 4. The number of amides is 1. The van der Waals surface area contributed by atoms with E-state index in [9.17, 15) is 9.18 Å². The lowest BCUT2D eigenvalue weighted by molar-refractivity contribution is -0.138. The predicted molar refractivity (Wildman–Crippen MR) is 111 cm³/mol. The second-order valence-corrected chi connectivity index (χ2v) is 7.06. The number of rotatable bonds is 7. The highest BCUT2D eigenvalue weighted by Gasteiger charge is 2.31. The zero-order valence-corrected chi connectivity index (χ0v) is 17.9. The van der Waals surface area contributed by atoms with Crippen molar-refractivity contribution in [3.05, 3.63) is 35.6 Å². The summed E-state index contributed by atoms with van der Waals surface area (Å²) < 4.78 is 19.1. The van der Waals surface area contributed by atoms with Crippen LogP contribution in [0.2, 0.25) is 0 Å². The van der Waals surface area contributed by atoms with E-state index < -0.39 is 6.04 Å². The van der Waals surface area contributed by atoms with Crippen LogP contribution >= 0.6 is 24.8 Å². The average Bonchev–Trinajstić information content (AvgIpc) is 2.60. The van der Waals surface area contributed by atoms with Crippen molar-refractivity contribution in [3.8, 4) is 0 Å². The van der Waals surface area contributed by atoms with E-state index in [4.69, 9.17) is 10.5 Å². The molecule has 1 fully saturated rings. The number of ether oxygens (including phenoxy) is 1. The molecule has 0 aromatic heterocycles. The highest BCUT2D eigenvalue weighted by molar-refractivity contribution is 5.85. The van der Waals surface area contributed by atoms with Gasteiger partial charge in [-0.3, -0.25) is 9.69 Å². The minimum absolute atomic E-state index is 0. The highest BCUT2D eigenvalue weighted by Crippen LogP contribution is 2.25. The van der Waals surface area contributed by atoms with Crippen LogP contribution < -0.4 is 5.73 Å². The molecule has 2 N–H and O–H groups in total. The monoisotopic (exact) mass is 423 g/mol. The van der Waals surface area contributed by atoms with Crippen LogP contribution in [0.15, 0.2) is 24.3 Å². The summed E-state index contributed by atoms with van der Waals surface area (Å²) in [6, 6.07) is 5.89. The molecule has 0 bridgehead atoms. The zero-order chi connectivity index (χ0) is 18.4. The van der Waals surface area contributed by atoms with Gasteiger partial charge < -0.3 is 15.4 Å². The lowest BCUT2D eigenvalue weighted by Gasteiger charge is -2.36. The van der Waals surface area contributed by atoms with Crippen LogP contribution in [0.3, 0.4) is 0 Å². The van der Waals surface area contributed by atoms with Crippen LogP contribution in [0.4, 0.5) is 4.39 Å². The molecule has 8 heteroatoms. The highest BCUT2D eigenvalue weighted by atomic mass is 35.5. The molecule has 2 atom stereocenters. The molecule has 5 nitrogen and oxygen atoms in total. The van der Waals surface area contributed by atoms with Gasteiger partial charge in [0.05, 0.1) is 13.2 Å². The summed E-state index contributed by atoms with van der Waals surface area (Å²) in [6.45, 7) is 7.24. The number of hydrogen-bond donors (Lipinski definition) is 1. The fourth-order valence-electron chi connectivity index (χ4n) is 3.02. The lowest BCUT2D eigenvalue weighted by atomic mass is 10.0. The van der Waals surface area contributed by atoms with Gasteiger partial charge in [-0.1, -0.05) is 26.0 Å². The van der Waals surface area contributed by atoms with E-state index >= 15 is 0 Å². The second-order valence-electron chi connectivity index (χ2n) is 7.06. The van der Waals surface area contributed by atoms with Gasteiger partial charge in [0.1, 0.15) is 11.9 Å². The van der Waals surface area contributed by atoms with Crippen LogP contribution in [0.1, 0.15) is 31.9 Å². The summed E-state index contributed by atoms with van der Waals surface area (Å²) in [7, 11) is 1.79. The molecule has 0 aliphatic carbocycles. The van der Waals surface area contributed by atoms with E-state index in [1.807, 2.05) is 6.07 Å². The lowest BCUT2D eigenvalue weighted by Crippen LogP contribution is -2.47. The Hall–Kier alpha value is -0.920. The Morgan fingerprint density at radius 2 is 1.93 bits per heavy atom. The van der Waals surface area contributed by atoms with Crippen molar-refractivity contribution in [2.75, 3.05) is 39.9 Å². The second kappa shape index (κ2) is 12.5. The zero-order valence-electron chi connectivity index (χ0n) is 16.3. The van der Waals surface area contributed by atoms with Gasteiger partial charge in [-0.15, -0.1) is 24.8 Å². The van der Waals surface area contributed by atoms with Crippen molar-refractivity contribution in [3.63, 3.8) is 0 Å². The number of benzene rings is 1. The number of carbonyl (C=O) groups excluding carboxylic acids is 1. The molecule has 1 aliphatic rings. The summed E-state index contributed by atoms with van der Waals surface area (Å²) in [6.07, 6.45) is 0.749. The van der Waals surface area contributed by atoms with Gasteiger partial charge in [0.15, 0.2) is 0 Å². The molecule has 2 unspecified atom stereocenters. The van der Waals surface area contributed by atoms with Crippen molar-refractivity contribution in [2.45, 2.75) is 32.4 Å². The minimum atomic E-state index is -0.486. The van der Waals surface area contributed by atoms with Gasteiger partial charge in [0.2, 0.25) is 5.91 Å². The first-order valence-electron chi connectivity index (χ1n) is 8.98. The first kappa shape index (κ1) is 26.1. The summed E-state index contributed by atoms with van der Waals surface area (Å²) in [4.78, 5) is 16.9. The molecule has 1 aliphatic heterocycles. The van der Waals surface area contributed by atoms with Gasteiger partial charge in [0, 0.05) is 32.7 Å². The minimum Gasteiger partial charge on any atom is -0.379 e. The molecule has 1 saturated heterocycles. The molecule has 27 heavy (non-hydrogen) atoms. The molecular weight excluding hydrogens is 392 g/mol. The Morgan fingerprint density at radius 1 is 1.30 bits per heavy atom. The quantitative estimate of drug-likeness (QED) is 0.732. The Bertz CT molecular complexity index is 572. The Labute approximate surface area is 174 Å². The first-order valence-corrected chi connectivity index (χ1v) is 8.98. The third-order valence-corrected chi connectivity index (χ3v) is 4.84. The van der Waals surface area contributed by atoms with Crippen molar-refractivity contribution in [2.24, 2.45) is 11.7 Å². The fourth-order valence-corrected chi connectivity index (χ4v) is 3.02. The third kappa shape index (κ3) is 7.54. The molecule has 0 radical (unpaired) electrons. The number of halogens is 3. The molecule has 0 saturated carbocycles. The third-order valence-electron chi connectivity index (χ3n) is 4.84. The SMILES string of the molecule is CC(C)C(N)CCN(C)C(=O)C(c1cccc(F)c1)N1CCOCC1.Cl.Cl. The van der Waals surface area contributed by atoms with Gasteiger partial charge in [-0.2, -0.15) is 0 Å².